The van der Waals surface area contributed by atoms with E-state index in [0.29, 0.717) is 11.3 Å². The third-order valence-corrected chi connectivity index (χ3v) is 3.04. The first-order valence-corrected chi connectivity index (χ1v) is 6.94. The average molecular weight is 300 g/mol. The van der Waals surface area contributed by atoms with Gasteiger partial charge in [0.05, 0.1) is 5.69 Å². The molecule has 0 saturated heterocycles. The van der Waals surface area contributed by atoms with Crippen LogP contribution in [0.4, 0.5) is 15.8 Å². The highest BCUT2D eigenvalue weighted by Crippen LogP contribution is 2.16. The van der Waals surface area contributed by atoms with Gasteiger partial charge in [-0.3, -0.25) is 9.59 Å². The quantitative estimate of drug-likeness (QED) is 0.905. The van der Waals surface area contributed by atoms with Crippen molar-refractivity contribution in [2.24, 2.45) is 5.92 Å². The molecule has 2 amide bonds. The van der Waals surface area contributed by atoms with Crippen LogP contribution in [0.3, 0.4) is 0 Å². The Morgan fingerprint density at radius 3 is 2.41 bits per heavy atom. The van der Waals surface area contributed by atoms with Gasteiger partial charge in [-0.1, -0.05) is 32.0 Å². The molecule has 0 spiro atoms. The van der Waals surface area contributed by atoms with Gasteiger partial charge in [0.25, 0.3) is 5.91 Å². The van der Waals surface area contributed by atoms with E-state index >= 15 is 0 Å². The summed E-state index contributed by atoms with van der Waals surface area (Å²) >= 11 is 0. The molecule has 0 aromatic heterocycles. The van der Waals surface area contributed by atoms with Gasteiger partial charge in [-0.05, 0) is 30.3 Å². The van der Waals surface area contributed by atoms with Crippen molar-refractivity contribution >= 4 is 23.2 Å². The maximum atomic E-state index is 13.5. The number of hydrogen-bond acceptors (Lipinski definition) is 2. The number of nitrogens with one attached hydrogen (secondary N) is 2. The zero-order chi connectivity index (χ0) is 16.1. The van der Waals surface area contributed by atoms with Crippen molar-refractivity contribution in [2.45, 2.75) is 13.8 Å². The number of hydrogen-bond donors (Lipinski definition) is 2. The van der Waals surface area contributed by atoms with E-state index in [4.69, 9.17) is 0 Å². The first kappa shape index (κ1) is 15.7. The molecule has 0 fully saturated rings. The molecule has 0 unspecified atom stereocenters. The van der Waals surface area contributed by atoms with Crippen molar-refractivity contribution in [1.29, 1.82) is 0 Å². The lowest BCUT2D eigenvalue weighted by Gasteiger charge is -2.10. The molecule has 0 aliphatic carbocycles. The van der Waals surface area contributed by atoms with Gasteiger partial charge in [-0.2, -0.15) is 0 Å². The topological polar surface area (TPSA) is 58.2 Å². The number of carbonyl (C=O) groups is 2. The van der Waals surface area contributed by atoms with Crippen molar-refractivity contribution in [3.8, 4) is 0 Å². The second kappa shape index (κ2) is 6.85. The van der Waals surface area contributed by atoms with Gasteiger partial charge in [0.2, 0.25) is 5.91 Å². The fourth-order valence-electron chi connectivity index (χ4n) is 1.78. The van der Waals surface area contributed by atoms with Crippen molar-refractivity contribution < 1.29 is 14.0 Å². The smallest absolute Gasteiger partial charge is 0.255 e. The van der Waals surface area contributed by atoms with Crippen LogP contribution in [0.1, 0.15) is 24.2 Å². The van der Waals surface area contributed by atoms with Crippen molar-refractivity contribution in [2.75, 3.05) is 10.6 Å². The molecule has 0 aliphatic heterocycles. The Morgan fingerprint density at radius 2 is 1.73 bits per heavy atom. The van der Waals surface area contributed by atoms with Crippen molar-refractivity contribution in [3.63, 3.8) is 0 Å². The molecule has 0 aliphatic rings. The van der Waals surface area contributed by atoms with Gasteiger partial charge in [0, 0.05) is 17.2 Å². The van der Waals surface area contributed by atoms with E-state index in [1.165, 1.54) is 12.1 Å². The van der Waals surface area contributed by atoms with Crippen LogP contribution in [-0.4, -0.2) is 11.8 Å². The zero-order valence-electron chi connectivity index (χ0n) is 12.4. The van der Waals surface area contributed by atoms with Crippen LogP contribution in [0, 0.1) is 11.7 Å². The van der Waals surface area contributed by atoms with Crippen LogP contribution < -0.4 is 10.6 Å². The Bertz CT molecular complexity index is 699. The average Bonchev–Trinajstić information content (AvgIpc) is 2.49. The summed E-state index contributed by atoms with van der Waals surface area (Å²) in [6.45, 7) is 3.56. The van der Waals surface area contributed by atoms with E-state index in [1.807, 2.05) is 0 Å². The van der Waals surface area contributed by atoms with E-state index in [9.17, 15) is 14.0 Å². The number of halogens is 1. The Kier molecular flexibility index (Phi) is 4.88. The second-order valence-electron chi connectivity index (χ2n) is 5.16. The van der Waals surface area contributed by atoms with Crippen molar-refractivity contribution in [1.82, 2.24) is 0 Å². The molecule has 114 valence electrons. The van der Waals surface area contributed by atoms with Crippen molar-refractivity contribution in [3.05, 3.63) is 59.9 Å². The Hall–Kier alpha value is -2.69. The van der Waals surface area contributed by atoms with Crippen LogP contribution in [0.25, 0.3) is 0 Å². The molecule has 0 bridgehead atoms. The number of anilines is 2. The minimum absolute atomic E-state index is 0.115. The molecule has 0 saturated carbocycles. The number of rotatable bonds is 4. The second-order valence-corrected chi connectivity index (χ2v) is 5.16. The molecule has 0 heterocycles. The number of benzene rings is 2. The summed E-state index contributed by atoms with van der Waals surface area (Å²) in [6.07, 6.45) is 0. The minimum atomic E-state index is -0.500. The van der Waals surface area contributed by atoms with Crippen LogP contribution in [0.5, 0.6) is 0 Å². The molecular weight excluding hydrogens is 283 g/mol. The van der Waals surface area contributed by atoms with Gasteiger partial charge in [0.15, 0.2) is 0 Å². The predicted molar refractivity (Wildman–Crippen MR) is 84.3 cm³/mol. The largest absolute Gasteiger partial charge is 0.326 e. The Balaban J connectivity index is 2.14. The molecular formula is C17H17FN2O2. The maximum Gasteiger partial charge on any atom is 0.255 e. The van der Waals surface area contributed by atoms with E-state index in [1.54, 1.807) is 50.2 Å². The van der Waals surface area contributed by atoms with Gasteiger partial charge in [0.1, 0.15) is 5.82 Å². The fraction of sp³-hybridized carbons (Fsp3) is 0.176. The van der Waals surface area contributed by atoms with Crippen LogP contribution in [0.15, 0.2) is 48.5 Å². The molecule has 0 radical (unpaired) electrons. The summed E-state index contributed by atoms with van der Waals surface area (Å²) < 4.78 is 13.5. The highest BCUT2D eigenvalue weighted by atomic mass is 19.1. The van der Waals surface area contributed by atoms with E-state index < -0.39 is 11.7 Å². The van der Waals surface area contributed by atoms with Gasteiger partial charge in [-0.25, -0.2) is 4.39 Å². The third kappa shape index (κ3) is 3.91. The van der Waals surface area contributed by atoms with Gasteiger partial charge in [-0.15, -0.1) is 0 Å². The predicted octanol–water partition coefficient (Wildman–Crippen LogP) is 3.67. The zero-order valence-corrected chi connectivity index (χ0v) is 12.4. The molecule has 2 aromatic carbocycles. The molecule has 2 N–H and O–H groups in total. The number of para-hydroxylation sites is 1. The summed E-state index contributed by atoms with van der Waals surface area (Å²) in [5.41, 5.74) is 0.980. The number of carbonyl (C=O) groups excluding carboxylic acids is 2. The van der Waals surface area contributed by atoms with E-state index in [-0.39, 0.29) is 17.5 Å². The van der Waals surface area contributed by atoms with Crippen LogP contribution in [-0.2, 0) is 4.79 Å². The maximum absolute atomic E-state index is 13.5. The molecule has 0 atom stereocenters. The summed E-state index contributed by atoms with van der Waals surface area (Å²) in [5, 5.41) is 5.22. The summed E-state index contributed by atoms with van der Waals surface area (Å²) in [7, 11) is 0. The highest BCUT2D eigenvalue weighted by molar-refractivity contribution is 6.05. The molecule has 5 heteroatoms. The van der Waals surface area contributed by atoms with E-state index in [0.717, 1.165) is 0 Å². The molecule has 2 aromatic rings. The first-order valence-electron chi connectivity index (χ1n) is 6.94. The standard InChI is InChI=1S/C17H17FN2O2/c1-11(2)16(21)19-13-7-5-6-12(10-13)17(22)20-15-9-4-3-8-14(15)18/h3-11H,1-2H3,(H,19,21)(H,20,22). The molecule has 2 rings (SSSR count). The van der Waals surface area contributed by atoms with Crippen LogP contribution in [0.2, 0.25) is 0 Å². The summed E-state index contributed by atoms with van der Waals surface area (Å²) in [5.74, 6) is -1.23. The minimum Gasteiger partial charge on any atom is -0.326 e. The van der Waals surface area contributed by atoms with E-state index in [2.05, 4.69) is 10.6 Å². The van der Waals surface area contributed by atoms with Crippen LogP contribution >= 0.6 is 0 Å². The summed E-state index contributed by atoms with van der Waals surface area (Å²) in [4.78, 5) is 23.8. The lowest BCUT2D eigenvalue weighted by Crippen LogP contribution is -2.18. The Morgan fingerprint density at radius 1 is 1.00 bits per heavy atom. The normalized spacial score (nSPS) is 10.4. The number of amides is 2. The summed E-state index contributed by atoms with van der Waals surface area (Å²) in [6, 6.07) is 12.4. The lowest BCUT2D eigenvalue weighted by atomic mass is 10.1. The fourth-order valence-corrected chi connectivity index (χ4v) is 1.78. The van der Waals surface area contributed by atoms with Gasteiger partial charge >= 0.3 is 0 Å². The molecule has 4 nitrogen and oxygen atoms in total. The third-order valence-electron chi connectivity index (χ3n) is 3.04. The monoisotopic (exact) mass is 300 g/mol. The first-order chi connectivity index (χ1) is 10.5. The van der Waals surface area contributed by atoms with Gasteiger partial charge < -0.3 is 10.6 Å². The Labute approximate surface area is 128 Å². The molecule has 22 heavy (non-hydrogen) atoms. The lowest BCUT2D eigenvalue weighted by molar-refractivity contribution is -0.118. The SMILES string of the molecule is CC(C)C(=O)Nc1cccc(C(=O)Nc2ccccc2F)c1. The highest BCUT2D eigenvalue weighted by Gasteiger charge is 2.11.